The zero-order valence-corrected chi connectivity index (χ0v) is 14.4. The Balaban J connectivity index is 2.50. The van der Waals surface area contributed by atoms with E-state index < -0.39 is 10.7 Å². The first-order chi connectivity index (χ1) is 10.3. The number of aryl methyl sites for hydroxylation is 1. The Morgan fingerprint density at radius 1 is 1.18 bits per heavy atom. The highest BCUT2D eigenvalue weighted by Crippen LogP contribution is 2.37. The van der Waals surface area contributed by atoms with Crippen LogP contribution < -0.4 is 0 Å². The summed E-state index contributed by atoms with van der Waals surface area (Å²) in [5.74, 6) is -0.378. The fourth-order valence-corrected chi connectivity index (χ4v) is 3.20. The van der Waals surface area contributed by atoms with Crippen molar-refractivity contribution >= 4 is 49.4 Å². The van der Waals surface area contributed by atoms with E-state index in [0.717, 1.165) is 0 Å². The number of rotatable bonds is 3. The van der Waals surface area contributed by atoms with Gasteiger partial charge >= 0.3 is 5.69 Å². The normalized spacial score (nSPS) is 11.0. The second-order valence-electron chi connectivity index (χ2n) is 4.50. The molecule has 0 saturated carbocycles. The van der Waals surface area contributed by atoms with Crippen LogP contribution in [0, 0.1) is 17.0 Å². The summed E-state index contributed by atoms with van der Waals surface area (Å²) >= 11 is 6.54. The minimum absolute atomic E-state index is 0.0618. The molecular weight excluding hydrogens is 420 g/mol. The smallest absolute Gasteiger partial charge is 0.311 e. The molecule has 2 aromatic rings. The van der Waals surface area contributed by atoms with E-state index in [9.17, 15) is 20.3 Å². The second kappa shape index (κ2) is 6.45. The Morgan fingerprint density at radius 3 is 2.32 bits per heavy atom. The van der Waals surface area contributed by atoms with E-state index in [-0.39, 0.29) is 17.0 Å². The highest BCUT2D eigenvalue weighted by molar-refractivity contribution is 9.11. The van der Waals surface area contributed by atoms with Crippen molar-refractivity contribution in [3.8, 4) is 11.5 Å². The van der Waals surface area contributed by atoms with Crippen molar-refractivity contribution in [2.24, 2.45) is 4.99 Å². The lowest BCUT2D eigenvalue weighted by molar-refractivity contribution is -0.385. The van der Waals surface area contributed by atoms with Crippen LogP contribution >= 0.6 is 31.9 Å². The fraction of sp³-hybridized carbons (Fsp3) is 0.0714. The zero-order valence-electron chi connectivity index (χ0n) is 11.2. The highest BCUT2D eigenvalue weighted by Gasteiger charge is 2.17. The average Bonchev–Trinajstić information content (AvgIpc) is 2.40. The summed E-state index contributed by atoms with van der Waals surface area (Å²) in [4.78, 5) is 14.5. The lowest BCUT2D eigenvalue weighted by Gasteiger charge is -2.05. The van der Waals surface area contributed by atoms with Crippen LogP contribution in [0.3, 0.4) is 0 Å². The number of phenolic OH excluding ortho intramolecular Hbond substituents is 2. The topological polar surface area (TPSA) is 96.0 Å². The average molecular weight is 430 g/mol. The molecule has 0 unspecified atom stereocenters. The maximum Gasteiger partial charge on any atom is 0.311 e. The van der Waals surface area contributed by atoms with Crippen molar-refractivity contribution in [3.63, 3.8) is 0 Å². The summed E-state index contributed by atoms with van der Waals surface area (Å²) in [5, 5.41) is 30.3. The maximum absolute atomic E-state index is 10.9. The number of nitro benzene ring substituents is 1. The first-order valence-electron chi connectivity index (χ1n) is 5.99. The van der Waals surface area contributed by atoms with E-state index in [2.05, 4.69) is 36.9 Å². The quantitative estimate of drug-likeness (QED) is 0.423. The van der Waals surface area contributed by atoms with Crippen molar-refractivity contribution in [2.75, 3.05) is 0 Å². The minimum atomic E-state index is -0.647. The summed E-state index contributed by atoms with van der Waals surface area (Å²) in [7, 11) is 0. The standard InChI is InChI=1S/C14H10Br2N2O4/c1-7-2-8(14(20)12(3-7)18(21)22)6-17-13-10(15)4-9(19)5-11(13)16/h2-6,19-20H,1H3. The van der Waals surface area contributed by atoms with Crippen LogP contribution in [0.4, 0.5) is 11.4 Å². The van der Waals surface area contributed by atoms with Crippen LogP contribution in [0.15, 0.2) is 38.2 Å². The van der Waals surface area contributed by atoms with Gasteiger partial charge in [-0.25, -0.2) is 0 Å². The van der Waals surface area contributed by atoms with Crippen molar-refractivity contribution in [3.05, 3.63) is 54.5 Å². The molecule has 8 heteroatoms. The molecule has 0 aliphatic rings. The number of hydrogen-bond acceptors (Lipinski definition) is 5. The summed E-state index contributed by atoms with van der Waals surface area (Å²) in [6.07, 6.45) is 1.33. The van der Waals surface area contributed by atoms with E-state index in [0.29, 0.717) is 20.2 Å². The van der Waals surface area contributed by atoms with Gasteiger partial charge in [-0.3, -0.25) is 15.1 Å². The first kappa shape index (κ1) is 16.4. The van der Waals surface area contributed by atoms with Gasteiger partial charge in [-0.05, 0) is 62.5 Å². The molecule has 0 spiro atoms. The number of halogens is 2. The Morgan fingerprint density at radius 2 is 1.77 bits per heavy atom. The van der Waals surface area contributed by atoms with Gasteiger partial charge < -0.3 is 10.2 Å². The minimum Gasteiger partial charge on any atom is -0.508 e. The number of phenols is 2. The van der Waals surface area contributed by atoms with Gasteiger partial charge in [-0.15, -0.1) is 0 Å². The van der Waals surface area contributed by atoms with Crippen molar-refractivity contribution in [2.45, 2.75) is 6.92 Å². The number of nitrogens with zero attached hydrogens (tertiary/aromatic N) is 2. The Kier molecular flexibility index (Phi) is 4.82. The summed E-state index contributed by atoms with van der Waals surface area (Å²) in [6, 6.07) is 5.82. The predicted molar refractivity (Wildman–Crippen MR) is 90.3 cm³/mol. The molecule has 0 fully saturated rings. The molecule has 2 rings (SSSR count). The lowest BCUT2D eigenvalue weighted by Crippen LogP contribution is -1.93. The lowest BCUT2D eigenvalue weighted by atomic mass is 10.1. The first-order valence-corrected chi connectivity index (χ1v) is 7.58. The number of nitro groups is 1. The van der Waals surface area contributed by atoms with Gasteiger partial charge in [-0.2, -0.15) is 0 Å². The third-order valence-electron chi connectivity index (χ3n) is 2.79. The highest BCUT2D eigenvalue weighted by atomic mass is 79.9. The molecule has 2 aromatic carbocycles. The molecule has 0 atom stereocenters. The SMILES string of the molecule is Cc1cc(C=Nc2c(Br)cc(O)cc2Br)c(O)c([N+](=O)[O-])c1. The molecule has 6 nitrogen and oxygen atoms in total. The van der Waals surface area contributed by atoms with Gasteiger partial charge in [0.1, 0.15) is 5.75 Å². The van der Waals surface area contributed by atoms with Gasteiger partial charge in [0.05, 0.1) is 10.6 Å². The van der Waals surface area contributed by atoms with Crippen LogP contribution in [-0.2, 0) is 0 Å². The van der Waals surface area contributed by atoms with E-state index >= 15 is 0 Å². The third-order valence-corrected chi connectivity index (χ3v) is 4.00. The van der Waals surface area contributed by atoms with Crippen molar-refractivity contribution in [1.82, 2.24) is 0 Å². The summed E-state index contributed by atoms with van der Waals surface area (Å²) < 4.78 is 1.08. The summed E-state index contributed by atoms with van der Waals surface area (Å²) in [6.45, 7) is 1.69. The van der Waals surface area contributed by atoms with Crippen LogP contribution in [-0.4, -0.2) is 21.4 Å². The van der Waals surface area contributed by atoms with Crippen LogP contribution in [0.5, 0.6) is 11.5 Å². The Bertz CT molecular complexity index is 768. The van der Waals surface area contributed by atoms with Crippen LogP contribution in [0.2, 0.25) is 0 Å². The van der Waals surface area contributed by atoms with Gasteiger partial charge in [0.25, 0.3) is 0 Å². The molecule has 114 valence electrons. The molecule has 0 aromatic heterocycles. The maximum atomic E-state index is 10.9. The monoisotopic (exact) mass is 428 g/mol. The fourth-order valence-electron chi connectivity index (χ4n) is 1.83. The molecule has 0 radical (unpaired) electrons. The van der Waals surface area contributed by atoms with Gasteiger partial charge in [-0.1, -0.05) is 0 Å². The zero-order chi connectivity index (χ0) is 16.4. The number of aliphatic imine (C=N–C) groups is 1. The van der Waals surface area contributed by atoms with Crippen LogP contribution in [0.25, 0.3) is 0 Å². The second-order valence-corrected chi connectivity index (χ2v) is 6.20. The molecular formula is C14H10Br2N2O4. The Labute approximate surface area is 142 Å². The molecule has 0 bridgehead atoms. The number of hydrogen-bond donors (Lipinski definition) is 2. The van der Waals surface area contributed by atoms with Gasteiger partial charge in [0, 0.05) is 26.8 Å². The van der Waals surface area contributed by atoms with Gasteiger partial charge in [0.2, 0.25) is 5.75 Å². The van der Waals surface area contributed by atoms with Crippen LogP contribution in [0.1, 0.15) is 11.1 Å². The molecule has 0 saturated heterocycles. The van der Waals surface area contributed by atoms with Gasteiger partial charge in [0.15, 0.2) is 0 Å². The number of benzene rings is 2. The number of aromatic hydroxyl groups is 2. The molecule has 0 aliphatic carbocycles. The molecule has 0 aliphatic heterocycles. The van der Waals surface area contributed by atoms with E-state index in [1.807, 2.05) is 0 Å². The molecule has 22 heavy (non-hydrogen) atoms. The van der Waals surface area contributed by atoms with E-state index in [1.165, 1.54) is 24.4 Å². The predicted octanol–water partition coefficient (Wildman–Crippen LogP) is 4.59. The molecule has 0 amide bonds. The largest absolute Gasteiger partial charge is 0.508 e. The third kappa shape index (κ3) is 3.45. The van der Waals surface area contributed by atoms with E-state index in [4.69, 9.17) is 0 Å². The summed E-state index contributed by atoms with van der Waals surface area (Å²) in [5.41, 5.74) is 0.986. The van der Waals surface area contributed by atoms with Crippen molar-refractivity contribution < 1.29 is 15.1 Å². The molecule has 0 heterocycles. The van der Waals surface area contributed by atoms with Crippen molar-refractivity contribution in [1.29, 1.82) is 0 Å². The molecule has 2 N–H and O–H groups in total. The van der Waals surface area contributed by atoms with E-state index in [1.54, 1.807) is 13.0 Å². The Hall–Kier alpha value is -1.93.